The van der Waals surface area contributed by atoms with E-state index in [1.165, 1.54) is 6.07 Å². The monoisotopic (exact) mass is 399 g/mol. The van der Waals surface area contributed by atoms with Gasteiger partial charge in [0.15, 0.2) is 17.3 Å². The van der Waals surface area contributed by atoms with Crippen LogP contribution in [0, 0.1) is 11.6 Å². The van der Waals surface area contributed by atoms with Gasteiger partial charge in [-0.3, -0.25) is 4.79 Å². The molecule has 2 heterocycles. The van der Waals surface area contributed by atoms with E-state index in [0.29, 0.717) is 16.3 Å². The first-order valence-electron chi connectivity index (χ1n) is 8.56. The van der Waals surface area contributed by atoms with Crippen molar-refractivity contribution in [2.75, 3.05) is 11.1 Å². The lowest BCUT2D eigenvalue weighted by Gasteiger charge is -2.05. The van der Waals surface area contributed by atoms with Crippen molar-refractivity contribution in [1.82, 2.24) is 19.7 Å². The number of nitrogens with zero attached hydrogens (tertiary/aromatic N) is 4. The van der Waals surface area contributed by atoms with Crippen molar-refractivity contribution in [3.05, 3.63) is 54.1 Å². The third-order valence-electron chi connectivity index (χ3n) is 4.21. The zero-order valence-corrected chi connectivity index (χ0v) is 15.6. The summed E-state index contributed by atoms with van der Waals surface area (Å²) in [5.41, 5.74) is 2.64. The number of carbonyl (C=O) groups is 1. The number of aryl methyl sites for hydroxylation is 1. The molecule has 6 nitrogen and oxygen atoms in total. The molecular formula is C19H15F2N5OS. The largest absolute Gasteiger partial charge is 0.325 e. The van der Waals surface area contributed by atoms with Gasteiger partial charge in [-0.2, -0.15) is 0 Å². The van der Waals surface area contributed by atoms with Crippen molar-refractivity contribution in [1.29, 1.82) is 0 Å². The zero-order chi connectivity index (χ0) is 19.7. The Labute approximate surface area is 163 Å². The maximum atomic E-state index is 13.2. The number of anilines is 1. The van der Waals surface area contributed by atoms with Gasteiger partial charge < -0.3 is 9.88 Å². The number of halogens is 2. The van der Waals surface area contributed by atoms with E-state index in [1.807, 2.05) is 35.8 Å². The molecule has 0 saturated carbocycles. The molecule has 4 rings (SSSR count). The normalized spacial score (nSPS) is 11.2. The highest BCUT2D eigenvalue weighted by atomic mass is 32.2. The molecule has 0 saturated heterocycles. The minimum Gasteiger partial charge on any atom is -0.325 e. The third kappa shape index (κ3) is 3.40. The summed E-state index contributed by atoms with van der Waals surface area (Å²) >= 11 is 1.12. The summed E-state index contributed by atoms with van der Waals surface area (Å²) in [6.45, 7) is 2.75. The summed E-state index contributed by atoms with van der Waals surface area (Å²) in [5.74, 6) is -2.35. The van der Waals surface area contributed by atoms with Gasteiger partial charge in [-0.05, 0) is 25.1 Å². The Morgan fingerprint density at radius 2 is 1.96 bits per heavy atom. The van der Waals surface area contributed by atoms with Crippen LogP contribution < -0.4 is 5.32 Å². The lowest BCUT2D eigenvalue weighted by atomic mass is 10.2. The average molecular weight is 399 g/mol. The lowest BCUT2D eigenvalue weighted by molar-refractivity contribution is -0.113. The van der Waals surface area contributed by atoms with Crippen molar-refractivity contribution < 1.29 is 13.6 Å². The first-order valence-corrected chi connectivity index (χ1v) is 9.54. The Morgan fingerprint density at radius 3 is 2.75 bits per heavy atom. The highest BCUT2D eigenvalue weighted by molar-refractivity contribution is 7.99. The molecular weight excluding hydrogens is 384 g/mol. The summed E-state index contributed by atoms with van der Waals surface area (Å²) < 4.78 is 28.2. The van der Waals surface area contributed by atoms with E-state index in [1.54, 1.807) is 0 Å². The Morgan fingerprint density at radius 1 is 1.14 bits per heavy atom. The number of rotatable bonds is 5. The standard InChI is InChI=1S/C19H15F2N5OS/c1-2-26-15-6-4-3-5-12(15)17-18(26)23-19(25-24-17)28-10-16(27)22-11-7-8-13(20)14(21)9-11/h3-9H,2,10H2,1H3,(H,22,27). The van der Waals surface area contributed by atoms with Gasteiger partial charge in [-0.25, -0.2) is 13.8 Å². The first kappa shape index (κ1) is 18.3. The number of hydrogen-bond acceptors (Lipinski definition) is 5. The third-order valence-corrected chi connectivity index (χ3v) is 5.04. The second-order valence-corrected chi connectivity index (χ2v) is 6.94. The van der Waals surface area contributed by atoms with E-state index in [9.17, 15) is 13.6 Å². The molecule has 0 aliphatic carbocycles. The van der Waals surface area contributed by atoms with Gasteiger partial charge in [0.1, 0.15) is 5.52 Å². The van der Waals surface area contributed by atoms with Gasteiger partial charge in [0.25, 0.3) is 0 Å². The molecule has 0 bridgehead atoms. The number of para-hydroxylation sites is 1. The van der Waals surface area contributed by atoms with Crippen LogP contribution in [-0.4, -0.2) is 31.4 Å². The second-order valence-electron chi connectivity index (χ2n) is 5.99. The van der Waals surface area contributed by atoms with Gasteiger partial charge in [-0.1, -0.05) is 30.0 Å². The fourth-order valence-electron chi connectivity index (χ4n) is 2.97. The molecule has 0 fully saturated rings. The molecule has 1 amide bonds. The average Bonchev–Trinajstić information content (AvgIpc) is 3.02. The second kappa shape index (κ2) is 7.51. The van der Waals surface area contributed by atoms with Crippen molar-refractivity contribution in [3.63, 3.8) is 0 Å². The van der Waals surface area contributed by atoms with Gasteiger partial charge in [0.2, 0.25) is 11.1 Å². The number of carbonyl (C=O) groups excluding carboxylic acids is 1. The van der Waals surface area contributed by atoms with E-state index in [2.05, 4.69) is 20.5 Å². The van der Waals surface area contributed by atoms with Crippen LogP contribution in [0.3, 0.4) is 0 Å². The van der Waals surface area contributed by atoms with Crippen LogP contribution in [0.1, 0.15) is 6.92 Å². The minimum absolute atomic E-state index is 0.0124. The van der Waals surface area contributed by atoms with Gasteiger partial charge in [0.05, 0.1) is 11.3 Å². The molecule has 0 radical (unpaired) electrons. The van der Waals surface area contributed by atoms with E-state index >= 15 is 0 Å². The van der Waals surface area contributed by atoms with E-state index in [0.717, 1.165) is 41.3 Å². The zero-order valence-electron chi connectivity index (χ0n) is 14.8. The van der Waals surface area contributed by atoms with Crippen LogP contribution in [0.5, 0.6) is 0 Å². The van der Waals surface area contributed by atoms with Gasteiger partial charge in [0, 0.05) is 23.7 Å². The van der Waals surface area contributed by atoms with Crippen LogP contribution in [0.25, 0.3) is 22.1 Å². The summed E-state index contributed by atoms with van der Waals surface area (Å²) in [6.07, 6.45) is 0. The van der Waals surface area contributed by atoms with Crippen LogP contribution in [0.4, 0.5) is 14.5 Å². The van der Waals surface area contributed by atoms with Crippen molar-refractivity contribution >= 4 is 45.4 Å². The summed E-state index contributed by atoms with van der Waals surface area (Å²) in [5, 5.41) is 12.3. The highest BCUT2D eigenvalue weighted by Gasteiger charge is 2.14. The SMILES string of the molecule is CCn1c2ccccc2c2nnc(SCC(=O)Nc3ccc(F)c(F)c3)nc21. The lowest BCUT2D eigenvalue weighted by Crippen LogP contribution is -2.14. The molecule has 142 valence electrons. The predicted octanol–water partition coefficient (Wildman–Crippen LogP) is 4.01. The Balaban J connectivity index is 1.52. The molecule has 0 spiro atoms. The molecule has 2 aromatic carbocycles. The quantitative estimate of drug-likeness (QED) is 0.514. The van der Waals surface area contributed by atoms with Crippen LogP contribution in [-0.2, 0) is 11.3 Å². The molecule has 0 aliphatic heterocycles. The van der Waals surface area contributed by atoms with Crippen molar-refractivity contribution in [2.24, 2.45) is 0 Å². The Bertz CT molecular complexity index is 1190. The Hall–Kier alpha value is -3.07. The number of amides is 1. The highest BCUT2D eigenvalue weighted by Crippen LogP contribution is 2.27. The van der Waals surface area contributed by atoms with Crippen molar-refractivity contribution in [2.45, 2.75) is 18.6 Å². The first-order chi connectivity index (χ1) is 13.6. The predicted molar refractivity (Wildman–Crippen MR) is 104 cm³/mol. The fourth-order valence-corrected chi connectivity index (χ4v) is 3.55. The molecule has 9 heteroatoms. The van der Waals surface area contributed by atoms with Crippen LogP contribution in [0.2, 0.25) is 0 Å². The maximum absolute atomic E-state index is 13.2. The summed E-state index contributed by atoms with van der Waals surface area (Å²) in [4.78, 5) is 16.6. The van der Waals surface area contributed by atoms with Gasteiger partial charge in [-0.15, -0.1) is 10.2 Å². The van der Waals surface area contributed by atoms with Crippen LogP contribution in [0.15, 0.2) is 47.6 Å². The molecule has 1 N–H and O–H groups in total. The van der Waals surface area contributed by atoms with Crippen LogP contribution >= 0.6 is 11.8 Å². The summed E-state index contributed by atoms with van der Waals surface area (Å²) in [6, 6.07) is 11.1. The number of thioether (sulfide) groups is 1. The fraction of sp³-hybridized carbons (Fsp3) is 0.158. The van der Waals surface area contributed by atoms with Gasteiger partial charge >= 0.3 is 0 Å². The molecule has 0 unspecified atom stereocenters. The molecule has 4 aromatic rings. The molecule has 0 aliphatic rings. The smallest absolute Gasteiger partial charge is 0.234 e. The molecule has 0 atom stereocenters. The number of aromatic nitrogens is 4. The Kier molecular flexibility index (Phi) is 4.91. The number of fused-ring (bicyclic) bond motifs is 3. The summed E-state index contributed by atoms with van der Waals surface area (Å²) in [7, 11) is 0. The molecule has 2 aromatic heterocycles. The topological polar surface area (TPSA) is 72.7 Å². The maximum Gasteiger partial charge on any atom is 0.234 e. The number of nitrogens with one attached hydrogen (secondary N) is 1. The number of benzene rings is 2. The number of hydrogen-bond donors (Lipinski definition) is 1. The van der Waals surface area contributed by atoms with E-state index < -0.39 is 11.6 Å². The minimum atomic E-state index is -1.02. The van der Waals surface area contributed by atoms with Crippen molar-refractivity contribution in [3.8, 4) is 0 Å². The molecule has 28 heavy (non-hydrogen) atoms. The van der Waals surface area contributed by atoms with E-state index in [4.69, 9.17) is 0 Å². The van der Waals surface area contributed by atoms with E-state index in [-0.39, 0.29) is 17.3 Å².